The van der Waals surface area contributed by atoms with Gasteiger partial charge in [0.15, 0.2) is 0 Å². The highest BCUT2D eigenvalue weighted by Gasteiger charge is 2.02. The third kappa shape index (κ3) is 5.76. The third-order valence-corrected chi connectivity index (χ3v) is 1.47. The lowest BCUT2D eigenvalue weighted by Gasteiger charge is -1.97. The molecular formula is C8H12N2O4. The van der Waals surface area contributed by atoms with Crippen LogP contribution in [0.3, 0.4) is 0 Å². The van der Waals surface area contributed by atoms with Gasteiger partial charge in [-0.2, -0.15) is 0 Å². The zero-order valence-electron chi connectivity index (χ0n) is 7.77. The standard InChI is InChI=1S/C8H12N2O4/c1-6(3-2-4-8(11)12)7(9)5-10(13)14/h2-3H,4-5,9H2,1H3,(H,11,12)/b3-2-,7-6+. The summed E-state index contributed by atoms with van der Waals surface area (Å²) in [4.78, 5) is 19.7. The van der Waals surface area contributed by atoms with Crippen molar-refractivity contribution in [2.45, 2.75) is 13.3 Å². The van der Waals surface area contributed by atoms with Gasteiger partial charge in [0.25, 0.3) is 0 Å². The average molecular weight is 200 g/mol. The first-order valence-corrected chi connectivity index (χ1v) is 3.89. The predicted molar refractivity (Wildman–Crippen MR) is 50.1 cm³/mol. The van der Waals surface area contributed by atoms with Crippen molar-refractivity contribution in [2.24, 2.45) is 5.73 Å². The van der Waals surface area contributed by atoms with Gasteiger partial charge in [0.1, 0.15) is 0 Å². The van der Waals surface area contributed by atoms with Crippen LogP contribution in [-0.4, -0.2) is 22.5 Å². The summed E-state index contributed by atoms with van der Waals surface area (Å²) in [5.74, 6) is -0.957. The van der Waals surface area contributed by atoms with Crippen LogP contribution in [0, 0.1) is 10.1 Å². The van der Waals surface area contributed by atoms with Crippen molar-refractivity contribution < 1.29 is 14.8 Å². The fraction of sp³-hybridized carbons (Fsp3) is 0.375. The Balaban J connectivity index is 4.28. The molecule has 0 aromatic rings. The Morgan fingerprint density at radius 1 is 1.64 bits per heavy atom. The van der Waals surface area contributed by atoms with Gasteiger partial charge in [-0.3, -0.25) is 14.9 Å². The van der Waals surface area contributed by atoms with E-state index in [1.54, 1.807) is 6.92 Å². The highest BCUT2D eigenvalue weighted by molar-refractivity contribution is 5.68. The Morgan fingerprint density at radius 2 is 2.21 bits per heavy atom. The molecule has 0 radical (unpaired) electrons. The molecule has 14 heavy (non-hydrogen) atoms. The van der Waals surface area contributed by atoms with Crippen LogP contribution in [0.5, 0.6) is 0 Å². The summed E-state index contributed by atoms with van der Waals surface area (Å²) in [5, 5.41) is 18.4. The summed E-state index contributed by atoms with van der Waals surface area (Å²) < 4.78 is 0. The summed E-state index contributed by atoms with van der Waals surface area (Å²) in [6.45, 7) is 1.17. The largest absolute Gasteiger partial charge is 0.481 e. The van der Waals surface area contributed by atoms with E-state index in [1.807, 2.05) is 0 Å². The Kier molecular flexibility index (Phi) is 4.98. The van der Waals surface area contributed by atoms with Crippen LogP contribution in [0.2, 0.25) is 0 Å². The third-order valence-electron chi connectivity index (χ3n) is 1.47. The smallest absolute Gasteiger partial charge is 0.307 e. The zero-order chi connectivity index (χ0) is 11.1. The molecule has 0 bridgehead atoms. The molecule has 0 fully saturated rings. The van der Waals surface area contributed by atoms with E-state index < -0.39 is 17.4 Å². The molecule has 0 saturated carbocycles. The van der Waals surface area contributed by atoms with E-state index in [2.05, 4.69) is 0 Å². The predicted octanol–water partition coefficient (Wildman–Crippen LogP) is 0.527. The van der Waals surface area contributed by atoms with Crippen molar-refractivity contribution in [2.75, 3.05) is 6.54 Å². The molecule has 0 aromatic carbocycles. The lowest BCUT2D eigenvalue weighted by atomic mass is 10.2. The Labute approximate surface area is 80.9 Å². The average Bonchev–Trinajstić information content (AvgIpc) is 2.01. The number of nitro groups is 1. The second kappa shape index (κ2) is 5.74. The van der Waals surface area contributed by atoms with Crippen LogP contribution in [0.15, 0.2) is 23.4 Å². The molecule has 0 aliphatic rings. The first-order chi connectivity index (χ1) is 6.43. The van der Waals surface area contributed by atoms with Gasteiger partial charge >= 0.3 is 5.97 Å². The molecule has 6 nitrogen and oxygen atoms in total. The maximum atomic E-state index is 10.1. The second-order valence-corrected chi connectivity index (χ2v) is 2.70. The van der Waals surface area contributed by atoms with E-state index in [0.29, 0.717) is 5.57 Å². The Morgan fingerprint density at radius 3 is 2.64 bits per heavy atom. The van der Waals surface area contributed by atoms with E-state index in [1.165, 1.54) is 12.2 Å². The minimum atomic E-state index is -0.957. The number of rotatable bonds is 5. The molecule has 0 heterocycles. The molecular weight excluding hydrogens is 188 g/mol. The van der Waals surface area contributed by atoms with E-state index in [0.717, 1.165) is 0 Å². The van der Waals surface area contributed by atoms with Crippen molar-refractivity contribution >= 4 is 5.97 Å². The van der Waals surface area contributed by atoms with E-state index in [-0.39, 0.29) is 12.1 Å². The van der Waals surface area contributed by atoms with Gasteiger partial charge in [-0.25, -0.2) is 0 Å². The molecule has 3 N–H and O–H groups in total. The molecule has 0 rings (SSSR count). The van der Waals surface area contributed by atoms with Gasteiger partial charge in [-0.15, -0.1) is 0 Å². The van der Waals surface area contributed by atoms with Crippen molar-refractivity contribution in [1.82, 2.24) is 0 Å². The van der Waals surface area contributed by atoms with Crippen LogP contribution in [0.1, 0.15) is 13.3 Å². The maximum absolute atomic E-state index is 10.1. The molecule has 0 spiro atoms. The first-order valence-electron chi connectivity index (χ1n) is 3.89. The van der Waals surface area contributed by atoms with Crippen LogP contribution in [0.25, 0.3) is 0 Å². The summed E-state index contributed by atoms with van der Waals surface area (Å²) in [7, 11) is 0. The van der Waals surface area contributed by atoms with Gasteiger partial charge in [-0.05, 0) is 12.5 Å². The summed E-state index contributed by atoms with van der Waals surface area (Å²) in [6, 6.07) is 0. The molecule has 6 heteroatoms. The number of allylic oxidation sites excluding steroid dienone is 2. The minimum Gasteiger partial charge on any atom is -0.481 e. The lowest BCUT2D eigenvalue weighted by Crippen LogP contribution is -2.12. The Hall–Kier alpha value is -1.85. The van der Waals surface area contributed by atoms with E-state index >= 15 is 0 Å². The molecule has 78 valence electrons. The van der Waals surface area contributed by atoms with Crippen LogP contribution >= 0.6 is 0 Å². The second-order valence-electron chi connectivity index (χ2n) is 2.70. The lowest BCUT2D eigenvalue weighted by molar-refractivity contribution is -0.471. The monoisotopic (exact) mass is 200 g/mol. The number of carboxylic acid groups (broad SMARTS) is 1. The molecule has 0 unspecified atom stereocenters. The van der Waals surface area contributed by atoms with Crippen LogP contribution in [0.4, 0.5) is 0 Å². The highest BCUT2D eigenvalue weighted by Crippen LogP contribution is 2.01. The normalized spacial score (nSPS) is 12.6. The fourth-order valence-electron chi connectivity index (χ4n) is 0.707. The quantitative estimate of drug-likeness (QED) is 0.382. The summed E-state index contributed by atoms with van der Waals surface area (Å²) in [5.41, 5.74) is 6.03. The number of nitrogens with zero attached hydrogens (tertiary/aromatic N) is 1. The Bertz CT molecular complexity index is 294. The zero-order valence-corrected chi connectivity index (χ0v) is 7.77. The van der Waals surface area contributed by atoms with Gasteiger partial charge in [0.2, 0.25) is 6.54 Å². The first kappa shape index (κ1) is 12.2. The van der Waals surface area contributed by atoms with E-state index in [4.69, 9.17) is 10.8 Å². The van der Waals surface area contributed by atoms with Crippen molar-refractivity contribution in [3.05, 3.63) is 33.5 Å². The molecule has 0 aromatic heterocycles. The number of hydrogen-bond donors (Lipinski definition) is 2. The molecule has 0 atom stereocenters. The van der Waals surface area contributed by atoms with Gasteiger partial charge in [-0.1, -0.05) is 12.2 Å². The van der Waals surface area contributed by atoms with Gasteiger partial charge < -0.3 is 10.8 Å². The molecule has 0 aliphatic carbocycles. The van der Waals surface area contributed by atoms with Crippen LogP contribution < -0.4 is 5.73 Å². The highest BCUT2D eigenvalue weighted by atomic mass is 16.6. The van der Waals surface area contributed by atoms with E-state index in [9.17, 15) is 14.9 Å². The summed E-state index contributed by atoms with van der Waals surface area (Å²) >= 11 is 0. The number of nitrogens with two attached hydrogens (primary N) is 1. The molecule has 0 amide bonds. The number of carboxylic acids is 1. The maximum Gasteiger partial charge on any atom is 0.307 e. The molecule has 0 saturated heterocycles. The number of aliphatic carboxylic acids is 1. The van der Waals surface area contributed by atoms with Crippen molar-refractivity contribution in [1.29, 1.82) is 0 Å². The van der Waals surface area contributed by atoms with Gasteiger partial charge in [0, 0.05) is 4.92 Å². The van der Waals surface area contributed by atoms with Crippen molar-refractivity contribution in [3.63, 3.8) is 0 Å². The number of carbonyl (C=O) groups is 1. The number of hydrogen-bond acceptors (Lipinski definition) is 4. The van der Waals surface area contributed by atoms with Gasteiger partial charge in [0.05, 0.1) is 12.1 Å². The fourth-order valence-corrected chi connectivity index (χ4v) is 0.707. The topological polar surface area (TPSA) is 106 Å². The molecule has 0 aliphatic heterocycles. The van der Waals surface area contributed by atoms with Crippen LogP contribution in [-0.2, 0) is 4.79 Å². The SMILES string of the molecule is CC(/C=C\CC(=O)O)=C(\N)C[N+](=O)[O-]. The van der Waals surface area contributed by atoms with Crippen molar-refractivity contribution in [3.8, 4) is 0 Å². The minimum absolute atomic E-state index is 0.122. The summed E-state index contributed by atoms with van der Waals surface area (Å²) in [6.07, 6.45) is 2.74.